The summed E-state index contributed by atoms with van der Waals surface area (Å²) >= 11 is 11.2. The van der Waals surface area contributed by atoms with Crippen LogP contribution in [0.15, 0.2) is 18.2 Å². The van der Waals surface area contributed by atoms with Gasteiger partial charge in [0.2, 0.25) is 0 Å². The number of nitrogens with two attached hydrogens (primary N) is 1. The SMILES string of the molecule is Cc1cccc(NC(=O)OC(CCl)CCl)c1CN. The van der Waals surface area contributed by atoms with E-state index in [2.05, 4.69) is 5.32 Å². The van der Waals surface area contributed by atoms with Gasteiger partial charge in [0.05, 0.1) is 11.8 Å². The number of carbonyl (C=O) groups excluding carboxylic acids is 1. The number of halogens is 2. The lowest BCUT2D eigenvalue weighted by Gasteiger charge is -2.15. The van der Waals surface area contributed by atoms with E-state index in [1.165, 1.54) is 0 Å². The Morgan fingerprint density at radius 2 is 2.11 bits per heavy atom. The van der Waals surface area contributed by atoms with Crippen molar-refractivity contribution >= 4 is 35.0 Å². The molecule has 100 valence electrons. The Morgan fingerprint density at radius 3 is 2.67 bits per heavy atom. The van der Waals surface area contributed by atoms with Crippen molar-refractivity contribution < 1.29 is 9.53 Å². The first-order chi connectivity index (χ1) is 8.62. The fraction of sp³-hybridized carbons (Fsp3) is 0.417. The zero-order valence-electron chi connectivity index (χ0n) is 10.1. The number of hydrogen-bond donors (Lipinski definition) is 2. The predicted molar refractivity (Wildman–Crippen MR) is 74.4 cm³/mol. The molecular formula is C12H16Cl2N2O2. The van der Waals surface area contributed by atoms with Gasteiger partial charge in [-0.05, 0) is 24.1 Å². The lowest BCUT2D eigenvalue weighted by molar-refractivity contribution is 0.133. The summed E-state index contributed by atoms with van der Waals surface area (Å²) in [5, 5.41) is 2.64. The first-order valence-electron chi connectivity index (χ1n) is 5.50. The summed E-state index contributed by atoms with van der Waals surface area (Å²) in [6.07, 6.45) is -1.08. The van der Waals surface area contributed by atoms with Gasteiger partial charge in [-0.3, -0.25) is 5.32 Å². The highest BCUT2D eigenvalue weighted by Crippen LogP contribution is 2.19. The zero-order valence-corrected chi connectivity index (χ0v) is 11.6. The largest absolute Gasteiger partial charge is 0.443 e. The normalized spacial score (nSPS) is 10.5. The molecule has 0 aromatic heterocycles. The van der Waals surface area contributed by atoms with Gasteiger partial charge in [-0.25, -0.2) is 4.79 Å². The standard InChI is InChI=1S/C12H16Cl2N2O2/c1-8-3-2-4-11(10(8)7-15)16-12(17)18-9(5-13)6-14/h2-4,9H,5-7,15H2,1H3,(H,16,17). The number of aryl methyl sites for hydroxylation is 1. The molecule has 1 rings (SSSR count). The fourth-order valence-corrected chi connectivity index (χ4v) is 1.94. The molecule has 0 unspecified atom stereocenters. The first-order valence-corrected chi connectivity index (χ1v) is 6.57. The quantitative estimate of drug-likeness (QED) is 0.820. The third-order valence-corrected chi connectivity index (χ3v) is 3.16. The lowest BCUT2D eigenvalue weighted by Crippen LogP contribution is -2.25. The minimum absolute atomic E-state index is 0.161. The molecule has 0 bridgehead atoms. The maximum Gasteiger partial charge on any atom is 0.411 e. The van der Waals surface area contributed by atoms with Crippen molar-refractivity contribution in [3.8, 4) is 0 Å². The summed E-state index contributed by atoms with van der Waals surface area (Å²) < 4.78 is 5.04. The molecule has 1 amide bonds. The number of hydrogen-bond acceptors (Lipinski definition) is 3. The highest BCUT2D eigenvalue weighted by atomic mass is 35.5. The average Bonchev–Trinajstić information content (AvgIpc) is 2.36. The minimum atomic E-state index is -0.582. The van der Waals surface area contributed by atoms with Gasteiger partial charge >= 0.3 is 6.09 Å². The van der Waals surface area contributed by atoms with Crippen LogP contribution < -0.4 is 11.1 Å². The molecule has 1 aromatic rings. The van der Waals surface area contributed by atoms with Gasteiger partial charge in [-0.15, -0.1) is 23.2 Å². The maximum absolute atomic E-state index is 11.6. The maximum atomic E-state index is 11.6. The second kappa shape index (κ2) is 7.46. The van der Waals surface area contributed by atoms with E-state index in [1.54, 1.807) is 6.07 Å². The van der Waals surface area contributed by atoms with E-state index in [0.717, 1.165) is 11.1 Å². The van der Waals surface area contributed by atoms with Crippen LogP contribution in [0.5, 0.6) is 0 Å². The Bertz CT molecular complexity index is 409. The second-order valence-corrected chi connectivity index (χ2v) is 4.38. The Kier molecular flexibility index (Phi) is 6.25. The van der Waals surface area contributed by atoms with Crippen molar-refractivity contribution in [2.75, 3.05) is 17.1 Å². The molecule has 0 saturated heterocycles. The number of anilines is 1. The number of alkyl halides is 2. The number of carbonyl (C=O) groups is 1. The van der Waals surface area contributed by atoms with Crippen LogP contribution >= 0.6 is 23.2 Å². The van der Waals surface area contributed by atoms with E-state index in [-0.39, 0.29) is 11.8 Å². The van der Waals surface area contributed by atoms with Crippen LogP contribution in [0.2, 0.25) is 0 Å². The van der Waals surface area contributed by atoms with Crippen LogP contribution in [-0.2, 0) is 11.3 Å². The molecule has 6 heteroatoms. The fourth-order valence-electron chi connectivity index (χ4n) is 1.49. The molecular weight excluding hydrogens is 275 g/mol. The van der Waals surface area contributed by atoms with E-state index >= 15 is 0 Å². The van der Waals surface area contributed by atoms with Crippen molar-refractivity contribution in [3.63, 3.8) is 0 Å². The molecule has 0 saturated carbocycles. The van der Waals surface area contributed by atoms with Gasteiger partial charge in [0, 0.05) is 12.2 Å². The molecule has 0 aliphatic rings. The van der Waals surface area contributed by atoms with Crippen LogP contribution in [-0.4, -0.2) is 24.0 Å². The third-order valence-electron chi connectivity index (χ3n) is 2.47. The summed E-state index contributed by atoms with van der Waals surface area (Å²) in [7, 11) is 0. The second-order valence-electron chi connectivity index (χ2n) is 3.77. The van der Waals surface area contributed by atoms with Crippen LogP contribution in [0.25, 0.3) is 0 Å². The molecule has 0 atom stereocenters. The van der Waals surface area contributed by atoms with Crippen molar-refractivity contribution in [1.82, 2.24) is 0 Å². The van der Waals surface area contributed by atoms with Crippen LogP contribution in [0.1, 0.15) is 11.1 Å². The summed E-state index contributed by atoms with van der Waals surface area (Å²) in [4.78, 5) is 11.6. The molecule has 4 nitrogen and oxygen atoms in total. The molecule has 18 heavy (non-hydrogen) atoms. The van der Waals surface area contributed by atoms with Gasteiger partial charge in [0.1, 0.15) is 6.10 Å². The zero-order chi connectivity index (χ0) is 13.5. The molecule has 0 spiro atoms. The summed E-state index contributed by atoms with van der Waals surface area (Å²) in [5.41, 5.74) is 8.18. The van der Waals surface area contributed by atoms with Gasteiger partial charge < -0.3 is 10.5 Å². The molecule has 0 aliphatic heterocycles. The molecule has 0 heterocycles. The van der Waals surface area contributed by atoms with E-state index < -0.39 is 12.2 Å². The molecule has 0 radical (unpaired) electrons. The molecule has 1 aromatic carbocycles. The van der Waals surface area contributed by atoms with Crippen molar-refractivity contribution in [2.45, 2.75) is 19.6 Å². The Morgan fingerprint density at radius 1 is 1.44 bits per heavy atom. The Labute approximate surface area is 116 Å². The summed E-state index contributed by atoms with van der Waals surface area (Å²) in [6, 6.07) is 5.54. The van der Waals surface area contributed by atoms with Gasteiger partial charge in [-0.1, -0.05) is 12.1 Å². The topological polar surface area (TPSA) is 64.3 Å². The van der Waals surface area contributed by atoms with Gasteiger partial charge in [0.15, 0.2) is 0 Å². The van der Waals surface area contributed by atoms with E-state index in [0.29, 0.717) is 12.2 Å². The Hall–Kier alpha value is -0.970. The number of ether oxygens (including phenoxy) is 1. The van der Waals surface area contributed by atoms with Crippen LogP contribution in [0.4, 0.5) is 10.5 Å². The van der Waals surface area contributed by atoms with Crippen molar-refractivity contribution in [3.05, 3.63) is 29.3 Å². The summed E-state index contributed by atoms with van der Waals surface area (Å²) in [6.45, 7) is 2.27. The van der Waals surface area contributed by atoms with Gasteiger partial charge in [-0.2, -0.15) is 0 Å². The Balaban J connectivity index is 2.73. The number of benzene rings is 1. The van der Waals surface area contributed by atoms with Crippen LogP contribution in [0.3, 0.4) is 0 Å². The third kappa shape index (κ3) is 4.05. The van der Waals surface area contributed by atoms with E-state index in [9.17, 15) is 4.79 Å². The minimum Gasteiger partial charge on any atom is -0.443 e. The van der Waals surface area contributed by atoms with E-state index in [1.807, 2.05) is 19.1 Å². The highest BCUT2D eigenvalue weighted by Gasteiger charge is 2.14. The highest BCUT2D eigenvalue weighted by molar-refractivity contribution is 6.21. The smallest absolute Gasteiger partial charge is 0.411 e. The van der Waals surface area contributed by atoms with E-state index in [4.69, 9.17) is 33.7 Å². The van der Waals surface area contributed by atoms with Crippen molar-refractivity contribution in [2.24, 2.45) is 5.73 Å². The molecule has 0 aliphatic carbocycles. The van der Waals surface area contributed by atoms with Gasteiger partial charge in [0.25, 0.3) is 0 Å². The molecule has 3 N–H and O–H groups in total. The monoisotopic (exact) mass is 290 g/mol. The number of amides is 1. The number of rotatable bonds is 5. The van der Waals surface area contributed by atoms with Crippen molar-refractivity contribution in [1.29, 1.82) is 0 Å². The van der Waals surface area contributed by atoms with Crippen LogP contribution in [0, 0.1) is 6.92 Å². The predicted octanol–water partition coefficient (Wildman–Crippen LogP) is 2.85. The lowest BCUT2D eigenvalue weighted by atomic mass is 10.1. The average molecular weight is 291 g/mol. The summed E-state index contributed by atoms with van der Waals surface area (Å²) in [5.74, 6) is 0.322. The first kappa shape index (κ1) is 15.1. The number of nitrogens with one attached hydrogen (secondary N) is 1. The molecule has 0 fully saturated rings.